The second kappa shape index (κ2) is 8.05. The van der Waals surface area contributed by atoms with E-state index >= 15 is 0 Å². The minimum absolute atomic E-state index is 0.118. The van der Waals surface area contributed by atoms with Gasteiger partial charge in [0.25, 0.3) is 0 Å². The summed E-state index contributed by atoms with van der Waals surface area (Å²) in [5, 5.41) is 5.38. The molecule has 0 fully saturated rings. The lowest BCUT2D eigenvalue weighted by Crippen LogP contribution is -2.17. The third-order valence-corrected chi connectivity index (χ3v) is 5.53. The van der Waals surface area contributed by atoms with Gasteiger partial charge in [-0.1, -0.05) is 35.9 Å². The number of carbonyl (C=O) groups is 1. The topological polar surface area (TPSA) is 77.1 Å². The monoisotopic (exact) mass is 407 g/mol. The molecule has 0 saturated carbocycles. The Morgan fingerprint density at radius 2 is 2.03 bits per heavy atom. The number of benzene rings is 2. The molecule has 4 rings (SSSR count). The van der Waals surface area contributed by atoms with Crippen molar-refractivity contribution in [1.29, 1.82) is 0 Å². The van der Waals surface area contributed by atoms with Crippen LogP contribution in [0.2, 0.25) is 0 Å². The number of rotatable bonds is 6. The number of nitrogens with one attached hydrogen (secondary N) is 1. The molecule has 29 heavy (non-hydrogen) atoms. The molecular formula is C22H21N3O3S. The van der Waals surface area contributed by atoms with E-state index in [1.54, 1.807) is 10.6 Å². The zero-order chi connectivity index (χ0) is 20.4. The molecule has 0 unspecified atom stereocenters. The molecule has 1 amide bonds. The van der Waals surface area contributed by atoms with Crippen LogP contribution in [0.15, 0.2) is 57.1 Å². The van der Waals surface area contributed by atoms with Gasteiger partial charge in [0, 0.05) is 23.9 Å². The number of para-hydroxylation sites is 2. The van der Waals surface area contributed by atoms with Gasteiger partial charge in [-0.05, 0) is 38.0 Å². The van der Waals surface area contributed by atoms with E-state index in [4.69, 9.17) is 4.42 Å². The summed E-state index contributed by atoms with van der Waals surface area (Å²) >= 11 is 1.41. The average molecular weight is 407 g/mol. The average Bonchev–Trinajstić information content (AvgIpc) is 3.26. The van der Waals surface area contributed by atoms with E-state index in [2.05, 4.69) is 42.3 Å². The van der Waals surface area contributed by atoms with E-state index in [-0.39, 0.29) is 5.91 Å². The van der Waals surface area contributed by atoms with Gasteiger partial charge in [-0.15, -0.1) is 11.3 Å². The summed E-state index contributed by atoms with van der Waals surface area (Å²) in [4.78, 5) is 28.8. The van der Waals surface area contributed by atoms with Gasteiger partial charge >= 0.3 is 5.76 Å². The van der Waals surface area contributed by atoms with Gasteiger partial charge < -0.3 is 9.73 Å². The minimum Gasteiger partial charge on any atom is -0.408 e. The highest BCUT2D eigenvalue weighted by molar-refractivity contribution is 7.14. The van der Waals surface area contributed by atoms with E-state index in [9.17, 15) is 9.59 Å². The Hall–Kier alpha value is -3.19. The molecule has 0 saturated heterocycles. The highest BCUT2D eigenvalue weighted by Crippen LogP contribution is 2.28. The van der Waals surface area contributed by atoms with Crippen LogP contribution in [0.25, 0.3) is 22.4 Å². The Balaban J connectivity index is 1.36. The van der Waals surface area contributed by atoms with Gasteiger partial charge in [0.05, 0.1) is 11.2 Å². The second-order valence-corrected chi connectivity index (χ2v) is 7.85. The van der Waals surface area contributed by atoms with Crippen molar-refractivity contribution in [3.05, 3.63) is 69.5 Å². The number of amides is 1. The zero-order valence-corrected chi connectivity index (χ0v) is 17.1. The summed E-state index contributed by atoms with van der Waals surface area (Å²) in [7, 11) is 0. The third-order valence-electron chi connectivity index (χ3n) is 4.77. The first-order valence-electron chi connectivity index (χ1n) is 9.42. The number of fused-ring (bicyclic) bond motifs is 1. The Kier molecular flexibility index (Phi) is 5.31. The summed E-state index contributed by atoms with van der Waals surface area (Å²) in [6, 6.07) is 13.5. The van der Waals surface area contributed by atoms with Gasteiger partial charge in [0.2, 0.25) is 5.91 Å². The zero-order valence-electron chi connectivity index (χ0n) is 16.3. The lowest BCUT2D eigenvalue weighted by Gasteiger charge is -2.04. The number of aryl methyl sites for hydroxylation is 3. The standard InChI is InChI=1S/C22H21N3O3S/c1-14-9-10-16(15(2)12-14)17-13-29-21(23-17)24-20(26)8-5-11-25-18-6-3-4-7-19(18)28-22(25)27/h3-4,6-7,9-10,12-13H,5,8,11H2,1-2H3,(H,23,24,26). The van der Waals surface area contributed by atoms with Gasteiger partial charge in [-0.25, -0.2) is 9.78 Å². The van der Waals surface area contributed by atoms with Crippen molar-refractivity contribution in [3.63, 3.8) is 0 Å². The quantitative estimate of drug-likeness (QED) is 0.500. The van der Waals surface area contributed by atoms with Crippen molar-refractivity contribution in [3.8, 4) is 11.3 Å². The van der Waals surface area contributed by atoms with Crippen LogP contribution in [0.1, 0.15) is 24.0 Å². The molecule has 0 spiro atoms. The molecule has 7 heteroatoms. The largest absolute Gasteiger partial charge is 0.419 e. The van der Waals surface area contributed by atoms with Crippen molar-refractivity contribution < 1.29 is 9.21 Å². The molecule has 148 valence electrons. The van der Waals surface area contributed by atoms with Crippen LogP contribution in [-0.2, 0) is 11.3 Å². The second-order valence-electron chi connectivity index (χ2n) is 7.00. The van der Waals surface area contributed by atoms with Crippen molar-refractivity contribution in [1.82, 2.24) is 9.55 Å². The molecular weight excluding hydrogens is 386 g/mol. The van der Waals surface area contributed by atoms with Gasteiger partial charge in [0.15, 0.2) is 10.7 Å². The van der Waals surface area contributed by atoms with E-state index in [1.807, 2.05) is 23.6 Å². The number of hydrogen-bond donors (Lipinski definition) is 1. The van der Waals surface area contributed by atoms with E-state index in [0.29, 0.717) is 30.1 Å². The fourth-order valence-corrected chi connectivity index (χ4v) is 4.09. The van der Waals surface area contributed by atoms with Crippen LogP contribution in [0, 0.1) is 13.8 Å². The van der Waals surface area contributed by atoms with Gasteiger partial charge in [-0.2, -0.15) is 0 Å². The highest BCUT2D eigenvalue weighted by Gasteiger charge is 2.12. The lowest BCUT2D eigenvalue weighted by molar-refractivity contribution is -0.116. The number of hydrogen-bond acceptors (Lipinski definition) is 5. The predicted molar refractivity (Wildman–Crippen MR) is 115 cm³/mol. The van der Waals surface area contributed by atoms with Crippen LogP contribution in [0.5, 0.6) is 0 Å². The van der Waals surface area contributed by atoms with Crippen molar-refractivity contribution in [2.24, 2.45) is 0 Å². The molecule has 0 radical (unpaired) electrons. The summed E-state index contributed by atoms with van der Waals surface area (Å²) < 4.78 is 6.77. The van der Waals surface area contributed by atoms with E-state index in [0.717, 1.165) is 22.3 Å². The first kappa shape index (κ1) is 19.1. The first-order valence-corrected chi connectivity index (χ1v) is 10.3. The molecule has 0 bridgehead atoms. The smallest absolute Gasteiger partial charge is 0.408 e. The molecule has 4 aromatic rings. The summed E-state index contributed by atoms with van der Waals surface area (Å²) in [6.45, 7) is 4.54. The van der Waals surface area contributed by atoms with Crippen LogP contribution in [0.3, 0.4) is 0 Å². The van der Waals surface area contributed by atoms with Crippen molar-refractivity contribution in [2.75, 3.05) is 5.32 Å². The van der Waals surface area contributed by atoms with Gasteiger partial charge in [0.1, 0.15) is 0 Å². The first-order chi connectivity index (χ1) is 14.0. The van der Waals surface area contributed by atoms with Crippen LogP contribution in [-0.4, -0.2) is 15.5 Å². The number of nitrogens with zero attached hydrogens (tertiary/aromatic N) is 2. The minimum atomic E-state index is -0.398. The molecule has 0 aliphatic rings. The molecule has 0 atom stereocenters. The highest BCUT2D eigenvalue weighted by atomic mass is 32.1. The summed E-state index contributed by atoms with van der Waals surface area (Å²) in [5.41, 5.74) is 5.60. The van der Waals surface area contributed by atoms with E-state index < -0.39 is 5.76 Å². The SMILES string of the molecule is Cc1ccc(-c2csc(NC(=O)CCCn3c(=O)oc4ccccc43)n2)c(C)c1. The Bertz CT molecular complexity index is 1240. The Morgan fingerprint density at radius 1 is 1.21 bits per heavy atom. The van der Waals surface area contributed by atoms with Crippen LogP contribution in [0.4, 0.5) is 5.13 Å². The maximum Gasteiger partial charge on any atom is 0.419 e. The number of anilines is 1. The van der Waals surface area contributed by atoms with Crippen molar-refractivity contribution in [2.45, 2.75) is 33.2 Å². The van der Waals surface area contributed by atoms with Gasteiger partial charge in [-0.3, -0.25) is 9.36 Å². The fraction of sp³-hybridized carbons (Fsp3) is 0.227. The number of aromatic nitrogens is 2. The molecule has 2 heterocycles. The number of thiazole rings is 1. The molecule has 0 aliphatic heterocycles. The Labute approximate surface area is 171 Å². The molecule has 0 aliphatic carbocycles. The summed E-state index contributed by atoms with van der Waals surface area (Å²) in [5.74, 6) is -0.517. The fourth-order valence-electron chi connectivity index (χ4n) is 3.36. The third kappa shape index (κ3) is 4.14. The summed E-state index contributed by atoms with van der Waals surface area (Å²) in [6.07, 6.45) is 0.828. The lowest BCUT2D eigenvalue weighted by atomic mass is 10.0. The Morgan fingerprint density at radius 3 is 2.86 bits per heavy atom. The normalized spacial score (nSPS) is 11.1. The predicted octanol–water partition coefficient (Wildman–Crippen LogP) is 4.75. The van der Waals surface area contributed by atoms with E-state index in [1.165, 1.54) is 16.9 Å². The van der Waals surface area contributed by atoms with Crippen LogP contribution >= 0.6 is 11.3 Å². The molecule has 2 aromatic heterocycles. The maximum absolute atomic E-state index is 12.3. The van der Waals surface area contributed by atoms with Crippen molar-refractivity contribution >= 4 is 33.5 Å². The molecule has 2 aromatic carbocycles. The number of oxazole rings is 1. The van der Waals surface area contributed by atoms with Crippen LogP contribution < -0.4 is 11.1 Å². The molecule has 1 N–H and O–H groups in total. The molecule has 6 nitrogen and oxygen atoms in total. The number of carbonyl (C=O) groups excluding carboxylic acids is 1. The maximum atomic E-state index is 12.3.